The highest BCUT2D eigenvalue weighted by Crippen LogP contribution is 2.58. The van der Waals surface area contributed by atoms with E-state index >= 15 is 0 Å². The van der Waals surface area contributed by atoms with Crippen LogP contribution in [0.4, 0.5) is 0 Å². The highest BCUT2D eigenvalue weighted by atomic mass is 16.5. The van der Waals surface area contributed by atoms with Gasteiger partial charge in [0, 0.05) is 29.2 Å². The minimum atomic E-state index is -0.316. The van der Waals surface area contributed by atoms with Gasteiger partial charge in [-0.1, -0.05) is 18.2 Å². The van der Waals surface area contributed by atoms with Gasteiger partial charge in [-0.2, -0.15) is 0 Å². The molecule has 3 aromatic rings. The van der Waals surface area contributed by atoms with Gasteiger partial charge < -0.3 is 4.74 Å². The van der Waals surface area contributed by atoms with Gasteiger partial charge in [0.05, 0.1) is 17.9 Å². The first-order chi connectivity index (χ1) is 12.2. The molecule has 0 saturated heterocycles. The van der Waals surface area contributed by atoms with Gasteiger partial charge in [-0.15, -0.1) is 0 Å². The van der Waals surface area contributed by atoms with Crippen molar-refractivity contribution in [2.24, 2.45) is 5.92 Å². The molecule has 6 heteroatoms. The monoisotopic (exact) mass is 335 g/mol. The number of aromatic amines is 1. The zero-order chi connectivity index (χ0) is 17.0. The van der Waals surface area contributed by atoms with E-state index in [4.69, 9.17) is 9.72 Å². The van der Waals surface area contributed by atoms with Gasteiger partial charge in [0.1, 0.15) is 0 Å². The number of H-pyrrole nitrogens is 1. The van der Waals surface area contributed by atoms with Gasteiger partial charge >= 0.3 is 5.97 Å². The molecule has 0 bridgehead atoms. The number of esters is 1. The first-order valence-corrected chi connectivity index (χ1v) is 8.51. The molecule has 2 aliphatic carbocycles. The van der Waals surface area contributed by atoms with Crippen LogP contribution in [0.1, 0.15) is 34.5 Å². The molecule has 2 aliphatic rings. The van der Waals surface area contributed by atoms with Crippen molar-refractivity contribution < 1.29 is 9.53 Å². The molecule has 6 nitrogen and oxygen atoms in total. The maximum Gasteiger partial charge on any atom is 0.338 e. The second-order valence-corrected chi connectivity index (χ2v) is 6.92. The molecular weight excluding hydrogens is 318 g/mol. The van der Waals surface area contributed by atoms with Crippen LogP contribution in [-0.2, 0) is 16.6 Å². The Kier molecular flexibility index (Phi) is 2.92. The fraction of sp³-hybridized carbons (Fsp3) is 0.316. The van der Waals surface area contributed by atoms with Crippen LogP contribution in [0.5, 0.6) is 0 Å². The number of carbonyl (C=O) groups is 1. The van der Waals surface area contributed by atoms with E-state index in [1.165, 1.54) is 4.52 Å². The van der Waals surface area contributed by atoms with E-state index < -0.39 is 0 Å². The molecule has 0 aliphatic heterocycles. The predicted octanol–water partition coefficient (Wildman–Crippen LogP) is 2.08. The molecule has 2 heterocycles. The standard InChI is InChI=1S/C19H17N3O3/c23-17-14-10-13(11-25-18(24)12-4-2-1-3-5-12)19(7-8-19)16(14)21-15-6-9-20-22(15)17/h1-6,9,13,20H,7-8,10-11H2. The normalized spacial score (nSPS) is 19.9. The van der Waals surface area contributed by atoms with Crippen LogP contribution in [-0.4, -0.2) is 27.2 Å². The lowest BCUT2D eigenvalue weighted by Gasteiger charge is -2.18. The van der Waals surface area contributed by atoms with Crippen LogP contribution in [0, 0.1) is 5.92 Å². The van der Waals surface area contributed by atoms with Crippen LogP contribution >= 0.6 is 0 Å². The van der Waals surface area contributed by atoms with E-state index in [1.54, 1.807) is 24.4 Å². The van der Waals surface area contributed by atoms with Crippen molar-refractivity contribution in [2.75, 3.05) is 6.61 Å². The van der Waals surface area contributed by atoms with Gasteiger partial charge in [-0.25, -0.2) is 14.3 Å². The van der Waals surface area contributed by atoms with Crippen LogP contribution in [0.15, 0.2) is 47.4 Å². The Morgan fingerprint density at radius 2 is 2.08 bits per heavy atom. The SMILES string of the molecule is O=C(OCC1Cc2c(nc3cc[nH]n3c2=O)C12CC2)c1ccccc1. The summed E-state index contributed by atoms with van der Waals surface area (Å²) in [5.74, 6) is -0.188. The van der Waals surface area contributed by atoms with Crippen molar-refractivity contribution in [3.63, 3.8) is 0 Å². The first-order valence-electron chi connectivity index (χ1n) is 8.51. The van der Waals surface area contributed by atoms with Gasteiger partial charge in [0.2, 0.25) is 0 Å². The Morgan fingerprint density at radius 3 is 2.84 bits per heavy atom. The van der Waals surface area contributed by atoms with Crippen LogP contribution < -0.4 is 5.56 Å². The number of rotatable bonds is 3. The molecule has 25 heavy (non-hydrogen) atoms. The summed E-state index contributed by atoms with van der Waals surface area (Å²) in [4.78, 5) is 29.6. The highest BCUT2D eigenvalue weighted by molar-refractivity contribution is 5.89. The maximum atomic E-state index is 12.7. The number of aromatic nitrogens is 3. The summed E-state index contributed by atoms with van der Waals surface area (Å²) < 4.78 is 7.03. The van der Waals surface area contributed by atoms with Crippen LogP contribution in [0.25, 0.3) is 5.65 Å². The van der Waals surface area contributed by atoms with Gasteiger partial charge in [0.25, 0.3) is 5.56 Å². The predicted molar refractivity (Wildman–Crippen MR) is 90.6 cm³/mol. The smallest absolute Gasteiger partial charge is 0.338 e. The molecule has 1 spiro atoms. The number of carbonyl (C=O) groups excluding carboxylic acids is 1. The van der Waals surface area contributed by atoms with Crippen molar-refractivity contribution in [2.45, 2.75) is 24.7 Å². The Balaban J connectivity index is 1.42. The molecule has 1 aromatic carbocycles. The third-order valence-corrected chi connectivity index (χ3v) is 5.56. The molecule has 126 valence electrons. The summed E-state index contributed by atoms with van der Waals surface area (Å²) >= 11 is 0. The lowest BCUT2D eigenvalue weighted by molar-refractivity contribution is 0.0419. The Hall–Kier alpha value is -2.89. The minimum absolute atomic E-state index is 0.0341. The van der Waals surface area contributed by atoms with Crippen molar-refractivity contribution in [1.82, 2.24) is 14.6 Å². The summed E-state index contributed by atoms with van der Waals surface area (Å²) in [5, 5.41) is 2.91. The number of benzene rings is 1. The summed E-state index contributed by atoms with van der Waals surface area (Å²) in [6, 6.07) is 10.8. The molecule has 0 amide bonds. The molecule has 1 unspecified atom stereocenters. The minimum Gasteiger partial charge on any atom is -0.462 e. The first kappa shape index (κ1) is 14.5. The van der Waals surface area contributed by atoms with E-state index in [1.807, 2.05) is 18.2 Å². The van der Waals surface area contributed by atoms with E-state index in [2.05, 4.69) is 5.10 Å². The zero-order valence-electron chi connectivity index (χ0n) is 13.6. The van der Waals surface area contributed by atoms with E-state index in [9.17, 15) is 9.59 Å². The third-order valence-electron chi connectivity index (χ3n) is 5.56. The second kappa shape index (κ2) is 5.05. The van der Waals surface area contributed by atoms with Gasteiger partial charge in [-0.05, 0) is 31.4 Å². The fourth-order valence-electron chi connectivity index (χ4n) is 4.06. The Bertz CT molecular complexity index is 1030. The molecule has 5 rings (SSSR count). The van der Waals surface area contributed by atoms with E-state index in [-0.39, 0.29) is 22.9 Å². The Morgan fingerprint density at radius 1 is 1.28 bits per heavy atom. The Labute approximate surface area is 143 Å². The topological polar surface area (TPSA) is 76.5 Å². The molecule has 1 fully saturated rings. The van der Waals surface area contributed by atoms with E-state index in [0.29, 0.717) is 24.2 Å². The third kappa shape index (κ3) is 2.06. The lowest BCUT2D eigenvalue weighted by atomic mass is 9.92. The number of hydrogen-bond donors (Lipinski definition) is 1. The quantitative estimate of drug-likeness (QED) is 0.744. The molecule has 1 N–H and O–H groups in total. The molecule has 1 saturated carbocycles. The van der Waals surface area contributed by atoms with Crippen molar-refractivity contribution >= 4 is 11.6 Å². The van der Waals surface area contributed by atoms with Crippen LogP contribution in [0.2, 0.25) is 0 Å². The van der Waals surface area contributed by atoms with Gasteiger partial charge in [0.15, 0.2) is 5.65 Å². The zero-order valence-corrected chi connectivity index (χ0v) is 13.6. The van der Waals surface area contributed by atoms with Crippen LogP contribution in [0.3, 0.4) is 0 Å². The largest absolute Gasteiger partial charge is 0.462 e. The summed E-state index contributed by atoms with van der Waals surface area (Å²) in [7, 11) is 0. The number of nitrogens with zero attached hydrogens (tertiary/aromatic N) is 2. The average molecular weight is 335 g/mol. The molecule has 1 atom stereocenters. The number of fused-ring (bicyclic) bond motifs is 3. The number of nitrogens with one attached hydrogen (secondary N) is 1. The van der Waals surface area contributed by atoms with Crippen molar-refractivity contribution in [3.8, 4) is 0 Å². The summed E-state index contributed by atoms with van der Waals surface area (Å²) in [6.07, 6.45) is 4.34. The second-order valence-electron chi connectivity index (χ2n) is 6.92. The number of ether oxygens (including phenoxy) is 1. The maximum absolute atomic E-state index is 12.7. The number of hydrogen-bond acceptors (Lipinski definition) is 4. The van der Waals surface area contributed by atoms with E-state index in [0.717, 1.165) is 24.1 Å². The van der Waals surface area contributed by atoms with Crippen molar-refractivity contribution in [3.05, 3.63) is 69.8 Å². The fourth-order valence-corrected chi connectivity index (χ4v) is 4.06. The average Bonchev–Trinajstić information content (AvgIpc) is 3.19. The summed E-state index contributed by atoms with van der Waals surface area (Å²) in [5.41, 5.74) is 2.76. The molecule has 2 aromatic heterocycles. The van der Waals surface area contributed by atoms with Gasteiger partial charge in [-0.3, -0.25) is 9.89 Å². The highest BCUT2D eigenvalue weighted by Gasteiger charge is 2.58. The molecule has 0 radical (unpaired) electrons. The molecular formula is C19H17N3O3. The van der Waals surface area contributed by atoms with Crippen molar-refractivity contribution in [1.29, 1.82) is 0 Å². The summed E-state index contributed by atoms with van der Waals surface area (Å²) in [6.45, 7) is 0.322. The lowest BCUT2D eigenvalue weighted by Crippen LogP contribution is -2.23.